The minimum Gasteiger partial charge on any atom is -0.497 e. The first-order valence-corrected chi connectivity index (χ1v) is 8.12. The zero-order valence-electron chi connectivity index (χ0n) is 13.4. The summed E-state index contributed by atoms with van der Waals surface area (Å²) in [6.07, 6.45) is 5.37. The second-order valence-electron chi connectivity index (χ2n) is 6.32. The molecule has 3 atom stereocenters. The molecule has 0 fully saturated rings. The van der Waals surface area contributed by atoms with Crippen LogP contribution in [-0.4, -0.2) is 18.2 Å². The molecule has 2 aliphatic rings. The molecule has 2 aromatic carbocycles. The van der Waals surface area contributed by atoms with Crippen LogP contribution in [0.2, 0.25) is 0 Å². The van der Waals surface area contributed by atoms with Crippen molar-refractivity contribution in [3.05, 3.63) is 71.3 Å². The Morgan fingerprint density at radius 1 is 1.21 bits per heavy atom. The van der Waals surface area contributed by atoms with Gasteiger partial charge in [0.05, 0.1) is 18.7 Å². The molecule has 0 radical (unpaired) electrons. The third-order valence-electron chi connectivity index (χ3n) is 5.10. The van der Waals surface area contributed by atoms with Gasteiger partial charge in [-0.25, -0.2) is 4.79 Å². The van der Waals surface area contributed by atoms with Crippen molar-refractivity contribution in [1.29, 1.82) is 0 Å². The highest BCUT2D eigenvalue weighted by Gasteiger charge is 2.39. The minimum atomic E-state index is -0.879. The lowest BCUT2D eigenvalue weighted by Gasteiger charge is -2.38. The van der Waals surface area contributed by atoms with E-state index in [1.54, 1.807) is 19.2 Å². The SMILES string of the molecule is COc1ccc2c(c1)[C@@H]1C=CC[C@H]1[C@H](c1ccccc1C(=O)O)N2. The first-order valence-electron chi connectivity index (χ1n) is 8.12. The van der Waals surface area contributed by atoms with E-state index in [1.165, 1.54) is 5.56 Å². The molecule has 4 heteroatoms. The van der Waals surface area contributed by atoms with E-state index in [4.69, 9.17) is 4.74 Å². The summed E-state index contributed by atoms with van der Waals surface area (Å²) in [5.74, 6) is 0.558. The summed E-state index contributed by atoms with van der Waals surface area (Å²) < 4.78 is 5.36. The van der Waals surface area contributed by atoms with Gasteiger partial charge >= 0.3 is 5.97 Å². The normalized spacial score (nSPS) is 24.0. The summed E-state index contributed by atoms with van der Waals surface area (Å²) in [7, 11) is 1.67. The van der Waals surface area contributed by atoms with Crippen molar-refractivity contribution in [2.75, 3.05) is 12.4 Å². The van der Waals surface area contributed by atoms with E-state index in [-0.39, 0.29) is 12.0 Å². The maximum Gasteiger partial charge on any atom is 0.336 e. The third-order valence-corrected chi connectivity index (χ3v) is 5.10. The largest absolute Gasteiger partial charge is 0.497 e. The number of anilines is 1. The Bertz CT molecular complexity index is 827. The molecular formula is C20H19NO3. The van der Waals surface area contributed by atoms with Gasteiger partial charge in [0.2, 0.25) is 0 Å². The minimum absolute atomic E-state index is 0.0156. The first kappa shape index (κ1) is 14.8. The fraction of sp³-hybridized carbons (Fsp3) is 0.250. The predicted molar refractivity (Wildman–Crippen MR) is 92.7 cm³/mol. The van der Waals surface area contributed by atoms with E-state index in [1.807, 2.05) is 24.3 Å². The Labute approximate surface area is 140 Å². The van der Waals surface area contributed by atoms with Gasteiger partial charge in [0, 0.05) is 11.6 Å². The Hall–Kier alpha value is -2.75. The molecule has 1 heterocycles. The third kappa shape index (κ3) is 2.26. The average Bonchev–Trinajstić information content (AvgIpc) is 3.10. The van der Waals surface area contributed by atoms with E-state index in [9.17, 15) is 9.90 Å². The monoisotopic (exact) mass is 321 g/mol. The van der Waals surface area contributed by atoms with Crippen molar-refractivity contribution in [2.45, 2.75) is 18.4 Å². The second kappa shape index (κ2) is 5.71. The van der Waals surface area contributed by atoms with Crippen LogP contribution in [0.3, 0.4) is 0 Å². The number of hydrogen-bond acceptors (Lipinski definition) is 3. The zero-order chi connectivity index (χ0) is 16.7. The molecule has 122 valence electrons. The molecule has 2 aromatic rings. The number of fused-ring (bicyclic) bond motifs is 3. The topological polar surface area (TPSA) is 58.6 Å². The van der Waals surface area contributed by atoms with E-state index in [0.717, 1.165) is 23.4 Å². The lowest BCUT2D eigenvalue weighted by molar-refractivity contribution is 0.0694. The van der Waals surface area contributed by atoms with Crippen molar-refractivity contribution < 1.29 is 14.6 Å². The molecule has 0 saturated heterocycles. The van der Waals surface area contributed by atoms with Crippen LogP contribution < -0.4 is 10.1 Å². The van der Waals surface area contributed by atoms with Gasteiger partial charge in [0.1, 0.15) is 5.75 Å². The molecule has 0 amide bonds. The van der Waals surface area contributed by atoms with Gasteiger partial charge in [0.15, 0.2) is 0 Å². The highest BCUT2D eigenvalue weighted by atomic mass is 16.5. The Morgan fingerprint density at radius 2 is 2.04 bits per heavy atom. The number of carboxylic acids is 1. The summed E-state index contributed by atoms with van der Waals surface area (Å²) in [6.45, 7) is 0. The van der Waals surface area contributed by atoms with Crippen LogP contribution >= 0.6 is 0 Å². The van der Waals surface area contributed by atoms with Crippen LogP contribution in [0.15, 0.2) is 54.6 Å². The van der Waals surface area contributed by atoms with Crippen molar-refractivity contribution in [1.82, 2.24) is 0 Å². The van der Waals surface area contributed by atoms with Crippen LogP contribution in [0.5, 0.6) is 5.75 Å². The van der Waals surface area contributed by atoms with Crippen LogP contribution in [0.4, 0.5) is 5.69 Å². The molecule has 4 rings (SSSR count). The van der Waals surface area contributed by atoms with Crippen molar-refractivity contribution in [2.24, 2.45) is 5.92 Å². The van der Waals surface area contributed by atoms with Crippen LogP contribution in [0, 0.1) is 5.92 Å². The number of methoxy groups -OCH3 is 1. The van der Waals surface area contributed by atoms with E-state index < -0.39 is 5.97 Å². The predicted octanol–water partition coefficient (Wildman–Crippen LogP) is 4.22. The number of rotatable bonds is 3. The first-order chi connectivity index (χ1) is 11.7. The maximum absolute atomic E-state index is 11.6. The lowest BCUT2D eigenvalue weighted by Crippen LogP contribution is -2.30. The molecule has 24 heavy (non-hydrogen) atoms. The van der Waals surface area contributed by atoms with Gasteiger partial charge in [-0.3, -0.25) is 0 Å². The Morgan fingerprint density at radius 3 is 2.83 bits per heavy atom. The quantitative estimate of drug-likeness (QED) is 0.831. The number of carboxylic acid groups (broad SMARTS) is 1. The molecule has 4 nitrogen and oxygen atoms in total. The number of carbonyl (C=O) groups is 1. The number of ether oxygens (including phenoxy) is 1. The fourth-order valence-corrected chi connectivity index (χ4v) is 3.97. The maximum atomic E-state index is 11.6. The number of aromatic carboxylic acids is 1. The highest BCUT2D eigenvalue weighted by molar-refractivity contribution is 5.89. The van der Waals surface area contributed by atoms with Crippen molar-refractivity contribution >= 4 is 11.7 Å². The zero-order valence-corrected chi connectivity index (χ0v) is 13.4. The van der Waals surface area contributed by atoms with Gasteiger partial charge in [-0.2, -0.15) is 0 Å². The second-order valence-corrected chi connectivity index (χ2v) is 6.32. The molecule has 0 spiro atoms. The van der Waals surface area contributed by atoms with Crippen LogP contribution in [-0.2, 0) is 0 Å². The molecule has 0 aromatic heterocycles. The summed E-state index contributed by atoms with van der Waals surface area (Å²) in [6, 6.07) is 13.3. The van der Waals surface area contributed by atoms with E-state index >= 15 is 0 Å². The molecule has 1 aliphatic heterocycles. The molecule has 0 bridgehead atoms. The summed E-state index contributed by atoms with van der Waals surface area (Å²) in [5.41, 5.74) is 3.49. The summed E-state index contributed by atoms with van der Waals surface area (Å²) in [5, 5.41) is 13.1. The molecular weight excluding hydrogens is 302 g/mol. The molecule has 0 unspecified atom stereocenters. The smallest absolute Gasteiger partial charge is 0.336 e. The highest BCUT2D eigenvalue weighted by Crippen LogP contribution is 2.50. The molecule has 2 N–H and O–H groups in total. The van der Waals surface area contributed by atoms with E-state index in [2.05, 4.69) is 23.5 Å². The summed E-state index contributed by atoms with van der Waals surface area (Å²) in [4.78, 5) is 11.6. The average molecular weight is 321 g/mol. The van der Waals surface area contributed by atoms with Gasteiger partial charge < -0.3 is 15.2 Å². The van der Waals surface area contributed by atoms with Crippen LogP contribution in [0.1, 0.15) is 39.9 Å². The Kier molecular flexibility index (Phi) is 3.53. The van der Waals surface area contributed by atoms with Gasteiger partial charge in [0.25, 0.3) is 0 Å². The fourth-order valence-electron chi connectivity index (χ4n) is 3.97. The Balaban J connectivity index is 1.81. The molecule has 1 aliphatic carbocycles. The van der Waals surface area contributed by atoms with Gasteiger partial charge in [-0.1, -0.05) is 30.4 Å². The number of benzene rings is 2. The number of nitrogens with one attached hydrogen (secondary N) is 1. The number of allylic oxidation sites excluding steroid dienone is 2. The van der Waals surface area contributed by atoms with Crippen molar-refractivity contribution in [3.8, 4) is 5.75 Å². The van der Waals surface area contributed by atoms with Crippen LogP contribution in [0.25, 0.3) is 0 Å². The standard InChI is InChI=1S/C20H19NO3/c1-24-12-9-10-18-17(11-12)13-7-4-8-14(13)19(21-18)15-5-2-3-6-16(15)20(22)23/h2-7,9-11,13-14,19,21H,8H2,1H3,(H,22,23)/t13-,14-,19-/m1/s1. The van der Waals surface area contributed by atoms with Gasteiger partial charge in [-0.05, 0) is 47.7 Å². The van der Waals surface area contributed by atoms with Gasteiger partial charge in [-0.15, -0.1) is 0 Å². The number of hydrogen-bond donors (Lipinski definition) is 2. The van der Waals surface area contributed by atoms with E-state index in [0.29, 0.717) is 11.5 Å². The molecule has 0 saturated carbocycles. The lowest BCUT2D eigenvalue weighted by atomic mass is 9.76. The van der Waals surface area contributed by atoms with Crippen molar-refractivity contribution in [3.63, 3.8) is 0 Å². The summed E-state index contributed by atoms with van der Waals surface area (Å²) >= 11 is 0.